The van der Waals surface area contributed by atoms with Gasteiger partial charge in [-0.25, -0.2) is 4.98 Å². The van der Waals surface area contributed by atoms with Gasteiger partial charge in [0.05, 0.1) is 6.54 Å². The average Bonchev–Trinajstić information content (AvgIpc) is 3.10. The number of Topliss-reactive ketones (excluding diaryl/α,β-unsaturated/α-hetero) is 1. The Morgan fingerprint density at radius 1 is 1.56 bits per heavy atom. The highest BCUT2D eigenvalue weighted by atomic mass is 16.1. The summed E-state index contributed by atoms with van der Waals surface area (Å²) < 4.78 is 0. The number of nitrogens with two attached hydrogens (primary N) is 1. The van der Waals surface area contributed by atoms with Gasteiger partial charge in [0.2, 0.25) is 0 Å². The Hall–Kier alpha value is -1.91. The van der Waals surface area contributed by atoms with Crippen molar-refractivity contribution in [2.24, 2.45) is 11.7 Å². The van der Waals surface area contributed by atoms with E-state index >= 15 is 0 Å². The van der Waals surface area contributed by atoms with Gasteiger partial charge in [0.1, 0.15) is 11.5 Å². The Morgan fingerprint density at radius 2 is 2.31 bits per heavy atom. The maximum atomic E-state index is 11.4. The van der Waals surface area contributed by atoms with E-state index < -0.39 is 5.91 Å². The summed E-state index contributed by atoms with van der Waals surface area (Å²) in [7, 11) is 0. The predicted octanol–water partition coefficient (Wildman–Crippen LogP) is 0.372. The molecule has 5 heteroatoms. The van der Waals surface area contributed by atoms with E-state index in [0.717, 1.165) is 12.8 Å². The Kier molecular flexibility index (Phi) is 2.85. The van der Waals surface area contributed by atoms with E-state index in [-0.39, 0.29) is 23.9 Å². The second kappa shape index (κ2) is 4.30. The average molecular weight is 218 g/mol. The molecule has 1 radical (unpaired) electrons. The zero-order valence-electron chi connectivity index (χ0n) is 8.69. The van der Waals surface area contributed by atoms with Gasteiger partial charge < -0.3 is 11.1 Å². The lowest BCUT2D eigenvalue weighted by Crippen LogP contribution is -2.18. The maximum absolute atomic E-state index is 11.4. The normalized spacial score (nSPS) is 14.5. The zero-order chi connectivity index (χ0) is 11.5. The highest BCUT2D eigenvalue weighted by molar-refractivity contribution is 5.91. The number of anilines is 1. The third kappa shape index (κ3) is 2.56. The van der Waals surface area contributed by atoms with Crippen LogP contribution in [0.25, 0.3) is 0 Å². The number of carbonyl (C=O) groups excluding carboxylic acids is 2. The minimum absolute atomic E-state index is 0.0730. The molecule has 16 heavy (non-hydrogen) atoms. The fourth-order valence-corrected chi connectivity index (χ4v) is 1.34. The van der Waals surface area contributed by atoms with Crippen LogP contribution < -0.4 is 11.1 Å². The van der Waals surface area contributed by atoms with E-state index in [1.54, 1.807) is 12.1 Å². The molecule has 2 rings (SSSR count). The molecule has 0 saturated heterocycles. The van der Waals surface area contributed by atoms with Crippen LogP contribution in [-0.2, 0) is 4.79 Å². The van der Waals surface area contributed by atoms with Crippen molar-refractivity contribution in [3.8, 4) is 0 Å². The molecule has 1 aliphatic rings. The van der Waals surface area contributed by atoms with Crippen LogP contribution in [0.2, 0.25) is 0 Å². The van der Waals surface area contributed by atoms with Gasteiger partial charge in [-0.2, -0.15) is 0 Å². The van der Waals surface area contributed by atoms with Crippen molar-refractivity contribution in [1.82, 2.24) is 4.98 Å². The van der Waals surface area contributed by atoms with Gasteiger partial charge in [-0.3, -0.25) is 9.59 Å². The number of pyridine rings is 1. The van der Waals surface area contributed by atoms with E-state index in [9.17, 15) is 9.59 Å². The summed E-state index contributed by atoms with van der Waals surface area (Å²) in [6.45, 7) is 0.250. The molecular weight excluding hydrogens is 206 g/mol. The third-order valence-corrected chi connectivity index (χ3v) is 2.40. The van der Waals surface area contributed by atoms with Crippen LogP contribution in [0.4, 0.5) is 5.82 Å². The van der Waals surface area contributed by atoms with Crippen molar-refractivity contribution in [1.29, 1.82) is 0 Å². The van der Waals surface area contributed by atoms with E-state index in [4.69, 9.17) is 5.73 Å². The molecule has 1 aromatic heterocycles. The number of primary amides is 1. The molecule has 0 spiro atoms. The van der Waals surface area contributed by atoms with Crippen LogP contribution in [0.1, 0.15) is 23.3 Å². The molecule has 0 aliphatic heterocycles. The van der Waals surface area contributed by atoms with Crippen molar-refractivity contribution in [2.75, 3.05) is 11.9 Å². The SMILES string of the molecule is NC(=O)c1[c]ccc(NCC(=O)C2CC2)n1. The molecule has 0 atom stereocenters. The van der Waals surface area contributed by atoms with Crippen LogP contribution in [0.3, 0.4) is 0 Å². The molecule has 1 saturated carbocycles. The van der Waals surface area contributed by atoms with E-state index in [1.807, 2.05) is 0 Å². The van der Waals surface area contributed by atoms with Crippen LogP contribution in [-0.4, -0.2) is 23.2 Å². The summed E-state index contributed by atoms with van der Waals surface area (Å²) in [5, 5.41) is 2.87. The van der Waals surface area contributed by atoms with E-state index in [1.165, 1.54) is 0 Å². The molecule has 3 N–H and O–H groups in total. The molecule has 0 bridgehead atoms. The smallest absolute Gasteiger partial charge is 0.268 e. The first-order valence-electron chi connectivity index (χ1n) is 5.12. The Balaban J connectivity index is 1.95. The second-order valence-electron chi connectivity index (χ2n) is 3.78. The van der Waals surface area contributed by atoms with Gasteiger partial charge in [-0.05, 0) is 25.0 Å². The molecule has 0 aromatic carbocycles. The molecule has 1 fully saturated rings. The zero-order valence-corrected chi connectivity index (χ0v) is 8.69. The van der Waals surface area contributed by atoms with Gasteiger partial charge in [-0.15, -0.1) is 0 Å². The second-order valence-corrected chi connectivity index (χ2v) is 3.78. The van der Waals surface area contributed by atoms with Crippen LogP contribution in [0.15, 0.2) is 12.1 Å². The molecule has 1 heterocycles. The Morgan fingerprint density at radius 3 is 2.94 bits per heavy atom. The van der Waals surface area contributed by atoms with Crippen molar-refractivity contribution < 1.29 is 9.59 Å². The lowest BCUT2D eigenvalue weighted by atomic mass is 10.2. The molecule has 83 valence electrons. The number of hydrogen-bond donors (Lipinski definition) is 2. The molecule has 0 unspecified atom stereocenters. The number of amides is 1. The molecule has 1 aliphatic carbocycles. The van der Waals surface area contributed by atoms with Crippen molar-refractivity contribution in [3.63, 3.8) is 0 Å². The fraction of sp³-hybridized carbons (Fsp3) is 0.364. The monoisotopic (exact) mass is 218 g/mol. The van der Waals surface area contributed by atoms with E-state index in [0.29, 0.717) is 5.82 Å². The summed E-state index contributed by atoms with van der Waals surface area (Å²) in [6, 6.07) is 5.82. The van der Waals surface area contributed by atoms with Gasteiger partial charge in [0.15, 0.2) is 5.78 Å². The summed E-state index contributed by atoms with van der Waals surface area (Å²) in [4.78, 5) is 26.2. The van der Waals surface area contributed by atoms with Gasteiger partial charge in [-0.1, -0.05) is 0 Å². The number of nitrogens with one attached hydrogen (secondary N) is 1. The number of ketones is 1. The van der Waals surface area contributed by atoms with Crippen molar-refractivity contribution in [2.45, 2.75) is 12.8 Å². The molecule has 1 amide bonds. The summed E-state index contributed by atoms with van der Waals surface area (Å²) in [6.07, 6.45) is 1.98. The largest absolute Gasteiger partial charge is 0.364 e. The number of aromatic nitrogens is 1. The topological polar surface area (TPSA) is 85.1 Å². The molecular formula is C11H12N3O2. The minimum Gasteiger partial charge on any atom is -0.364 e. The van der Waals surface area contributed by atoms with Crippen LogP contribution >= 0.6 is 0 Å². The lowest BCUT2D eigenvalue weighted by Gasteiger charge is -2.04. The third-order valence-electron chi connectivity index (χ3n) is 2.40. The number of carbonyl (C=O) groups is 2. The summed E-state index contributed by atoms with van der Waals surface area (Å²) in [5.41, 5.74) is 5.14. The maximum Gasteiger partial charge on any atom is 0.268 e. The highest BCUT2D eigenvalue weighted by Gasteiger charge is 2.28. The van der Waals surface area contributed by atoms with Crippen molar-refractivity contribution in [3.05, 3.63) is 23.9 Å². The fourth-order valence-electron chi connectivity index (χ4n) is 1.34. The van der Waals surface area contributed by atoms with Crippen LogP contribution in [0.5, 0.6) is 0 Å². The first-order valence-corrected chi connectivity index (χ1v) is 5.12. The molecule has 5 nitrogen and oxygen atoms in total. The Labute approximate surface area is 93.0 Å². The number of hydrogen-bond acceptors (Lipinski definition) is 4. The minimum atomic E-state index is -0.628. The standard InChI is InChI=1S/C11H12N3O2/c12-11(16)8-2-1-3-10(14-8)13-6-9(15)7-4-5-7/h1,3,7H,4-6H2,(H2,12,16)(H,13,14). The lowest BCUT2D eigenvalue weighted by molar-refractivity contribution is -0.118. The summed E-state index contributed by atoms with van der Waals surface area (Å²) >= 11 is 0. The summed E-state index contributed by atoms with van der Waals surface area (Å²) in [5.74, 6) is 0.257. The Bertz CT molecular complexity index is 427. The van der Waals surface area contributed by atoms with E-state index in [2.05, 4.69) is 16.4 Å². The predicted molar refractivity (Wildman–Crippen MR) is 57.8 cm³/mol. The van der Waals surface area contributed by atoms with Gasteiger partial charge in [0, 0.05) is 12.0 Å². The highest BCUT2D eigenvalue weighted by Crippen LogP contribution is 2.29. The van der Waals surface area contributed by atoms with Gasteiger partial charge in [0.25, 0.3) is 5.91 Å². The van der Waals surface area contributed by atoms with Gasteiger partial charge >= 0.3 is 0 Å². The number of nitrogens with zero attached hydrogens (tertiary/aromatic N) is 1. The van der Waals surface area contributed by atoms with Crippen LogP contribution in [0, 0.1) is 12.0 Å². The first kappa shape index (κ1) is 10.6. The quantitative estimate of drug-likeness (QED) is 0.747. The van der Waals surface area contributed by atoms with Crippen molar-refractivity contribution >= 4 is 17.5 Å². The first-order chi connectivity index (χ1) is 7.66. The number of rotatable bonds is 5. The molecule has 1 aromatic rings.